The van der Waals surface area contributed by atoms with Crippen LogP contribution >= 0.6 is 0 Å². The topological polar surface area (TPSA) is 133 Å². The first kappa shape index (κ1) is 17.2. The van der Waals surface area contributed by atoms with Crippen molar-refractivity contribution in [3.63, 3.8) is 0 Å². The van der Waals surface area contributed by atoms with E-state index in [-0.39, 0.29) is 6.42 Å². The Kier molecular flexibility index (Phi) is 5.16. The van der Waals surface area contributed by atoms with E-state index in [1.165, 1.54) is 0 Å². The fourth-order valence-corrected chi connectivity index (χ4v) is 2.58. The molecular weight excluding hydrogens is 282 g/mol. The lowest BCUT2D eigenvalue weighted by molar-refractivity contribution is -0.152. The molecule has 0 saturated heterocycles. The number of hydrogen-bond donors (Lipinski definition) is 4. The SMILES string of the molecule is CC(C)(C)OC(=O)N[C@H]1[C@@H](CO)CC(C(=O)O)[C@@H]1C(=O)O. The molecule has 1 rings (SSSR count). The minimum Gasteiger partial charge on any atom is -0.481 e. The quantitative estimate of drug-likeness (QED) is 0.586. The molecule has 8 nitrogen and oxygen atoms in total. The molecule has 1 amide bonds. The minimum atomic E-state index is -1.32. The van der Waals surface area contributed by atoms with Crippen LogP contribution in [-0.4, -0.2) is 51.6 Å². The average molecular weight is 303 g/mol. The van der Waals surface area contributed by atoms with Crippen molar-refractivity contribution in [2.24, 2.45) is 17.8 Å². The lowest BCUT2D eigenvalue weighted by atomic mass is 9.93. The molecule has 0 aliphatic heterocycles. The maximum atomic E-state index is 11.8. The predicted molar refractivity (Wildman–Crippen MR) is 70.6 cm³/mol. The highest BCUT2D eigenvalue weighted by atomic mass is 16.6. The average Bonchev–Trinajstić information content (AvgIpc) is 2.65. The van der Waals surface area contributed by atoms with Crippen LogP contribution in [0.15, 0.2) is 0 Å². The second-order valence-corrected chi connectivity index (χ2v) is 6.16. The number of aliphatic hydroxyl groups excluding tert-OH is 1. The van der Waals surface area contributed by atoms with Crippen molar-refractivity contribution in [1.82, 2.24) is 5.32 Å². The Morgan fingerprint density at radius 3 is 2.14 bits per heavy atom. The van der Waals surface area contributed by atoms with E-state index in [9.17, 15) is 24.6 Å². The zero-order valence-electron chi connectivity index (χ0n) is 12.2. The van der Waals surface area contributed by atoms with Gasteiger partial charge in [0.1, 0.15) is 5.60 Å². The normalized spacial score (nSPS) is 29.0. The number of amides is 1. The molecule has 0 heterocycles. The van der Waals surface area contributed by atoms with Gasteiger partial charge in [0.2, 0.25) is 0 Å². The van der Waals surface area contributed by atoms with Crippen LogP contribution in [0, 0.1) is 17.8 Å². The standard InChI is InChI=1S/C13H21NO7/c1-13(2,3)21-12(20)14-9-6(5-15)4-7(10(16)17)8(9)11(18)19/h6-9,15H,4-5H2,1-3H3,(H,14,20)(H,16,17)(H,18,19)/t6-,7?,8+,9+/m1/s1. The third-order valence-electron chi connectivity index (χ3n) is 3.41. The van der Waals surface area contributed by atoms with E-state index >= 15 is 0 Å². The highest BCUT2D eigenvalue weighted by molar-refractivity contribution is 5.82. The number of alkyl carbamates (subject to hydrolysis) is 1. The van der Waals surface area contributed by atoms with Crippen LogP contribution in [0.1, 0.15) is 27.2 Å². The minimum absolute atomic E-state index is 0.0107. The molecule has 1 aliphatic carbocycles. The fraction of sp³-hybridized carbons (Fsp3) is 0.769. The van der Waals surface area contributed by atoms with Gasteiger partial charge in [-0.2, -0.15) is 0 Å². The number of nitrogens with one attached hydrogen (secondary N) is 1. The molecular formula is C13H21NO7. The van der Waals surface area contributed by atoms with Gasteiger partial charge in [-0.05, 0) is 27.2 Å². The van der Waals surface area contributed by atoms with Crippen LogP contribution in [-0.2, 0) is 14.3 Å². The monoisotopic (exact) mass is 303 g/mol. The Bertz CT molecular complexity index is 429. The van der Waals surface area contributed by atoms with Crippen molar-refractivity contribution in [3.8, 4) is 0 Å². The summed E-state index contributed by atoms with van der Waals surface area (Å²) in [6.45, 7) is 4.55. The zero-order chi connectivity index (χ0) is 16.4. The second-order valence-electron chi connectivity index (χ2n) is 6.16. The van der Waals surface area contributed by atoms with E-state index in [0.29, 0.717) is 0 Å². The molecule has 0 aromatic rings. The lowest BCUT2D eigenvalue weighted by Crippen LogP contribution is -2.48. The van der Waals surface area contributed by atoms with Crippen LogP contribution in [0.25, 0.3) is 0 Å². The molecule has 8 heteroatoms. The number of carboxylic acid groups (broad SMARTS) is 2. The third kappa shape index (κ3) is 4.32. The molecule has 0 aromatic carbocycles. The number of carbonyl (C=O) groups is 3. The number of rotatable bonds is 4. The van der Waals surface area contributed by atoms with E-state index in [0.717, 1.165) is 0 Å². The van der Waals surface area contributed by atoms with Gasteiger partial charge in [-0.3, -0.25) is 9.59 Å². The largest absolute Gasteiger partial charge is 0.481 e. The maximum absolute atomic E-state index is 11.8. The Hall–Kier alpha value is -1.83. The van der Waals surface area contributed by atoms with E-state index in [1.807, 2.05) is 0 Å². The van der Waals surface area contributed by atoms with Gasteiger partial charge in [-0.15, -0.1) is 0 Å². The highest BCUT2D eigenvalue weighted by Gasteiger charge is 2.51. The molecule has 1 saturated carbocycles. The summed E-state index contributed by atoms with van der Waals surface area (Å²) in [6.07, 6.45) is -0.841. The van der Waals surface area contributed by atoms with Crippen LogP contribution in [0.4, 0.5) is 4.79 Å². The first-order valence-electron chi connectivity index (χ1n) is 6.62. The third-order valence-corrected chi connectivity index (χ3v) is 3.41. The Morgan fingerprint density at radius 2 is 1.76 bits per heavy atom. The van der Waals surface area contributed by atoms with E-state index in [4.69, 9.17) is 9.84 Å². The molecule has 0 spiro atoms. The van der Waals surface area contributed by atoms with Gasteiger partial charge in [0, 0.05) is 12.5 Å². The van der Waals surface area contributed by atoms with Crippen molar-refractivity contribution in [2.75, 3.05) is 6.61 Å². The fourth-order valence-electron chi connectivity index (χ4n) is 2.58. The molecule has 1 aliphatic rings. The van der Waals surface area contributed by atoms with Gasteiger partial charge in [-0.25, -0.2) is 4.79 Å². The van der Waals surface area contributed by atoms with Crippen molar-refractivity contribution in [3.05, 3.63) is 0 Å². The van der Waals surface area contributed by atoms with E-state index in [1.54, 1.807) is 20.8 Å². The summed E-state index contributed by atoms with van der Waals surface area (Å²) in [4.78, 5) is 34.2. The molecule has 4 N–H and O–H groups in total. The van der Waals surface area contributed by atoms with Crippen molar-refractivity contribution >= 4 is 18.0 Å². The second kappa shape index (κ2) is 6.30. The molecule has 0 aromatic heterocycles. The molecule has 1 unspecified atom stereocenters. The molecule has 0 bridgehead atoms. The van der Waals surface area contributed by atoms with Gasteiger partial charge in [0.05, 0.1) is 17.9 Å². The predicted octanol–water partition coefficient (Wildman–Crippen LogP) is 0.294. The Morgan fingerprint density at radius 1 is 1.19 bits per heavy atom. The molecule has 4 atom stereocenters. The molecule has 120 valence electrons. The maximum Gasteiger partial charge on any atom is 0.407 e. The van der Waals surface area contributed by atoms with Crippen molar-refractivity contribution in [2.45, 2.75) is 38.8 Å². The van der Waals surface area contributed by atoms with Crippen molar-refractivity contribution < 1.29 is 34.4 Å². The van der Waals surface area contributed by atoms with Crippen molar-refractivity contribution in [1.29, 1.82) is 0 Å². The number of carbonyl (C=O) groups excluding carboxylic acids is 1. The zero-order valence-corrected chi connectivity index (χ0v) is 12.2. The van der Waals surface area contributed by atoms with Gasteiger partial charge < -0.3 is 25.4 Å². The number of carboxylic acids is 2. The summed E-state index contributed by atoms with van der Waals surface area (Å²) in [6, 6.07) is -0.983. The smallest absolute Gasteiger partial charge is 0.407 e. The highest BCUT2D eigenvalue weighted by Crippen LogP contribution is 2.37. The molecule has 0 radical (unpaired) electrons. The van der Waals surface area contributed by atoms with Gasteiger partial charge in [0.15, 0.2) is 0 Å². The van der Waals surface area contributed by atoms with Gasteiger partial charge in [-0.1, -0.05) is 0 Å². The summed E-state index contributed by atoms with van der Waals surface area (Å²) in [5.41, 5.74) is -0.762. The Labute approximate surface area is 122 Å². The number of aliphatic carboxylic acids is 2. The van der Waals surface area contributed by atoms with Gasteiger partial charge >= 0.3 is 18.0 Å². The number of aliphatic hydroxyl groups is 1. The number of hydrogen-bond acceptors (Lipinski definition) is 5. The first-order valence-corrected chi connectivity index (χ1v) is 6.62. The summed E-state index contributed by atoms with van der Waals surface area (Å²) >= 11 is 0. The summed E-state index contributed by atoms with van der Waals surface area (Å²) < 4.78 is 5.04. The Balaban J connectivity index is 2.91. The van der Waals surface area contributed by atoms with Gasteiger partial charge in [0.25, 0.3) is 0 Å². The summed E-state index contributed by atoms with van der Waals surface area (Å²) in [7, 11) is 0. The van der Waals surface area contributed by atoms with E-state index < -0.39 is 54.0 Å². The van der Waals surface area contributed by atoms with Crippen LogP contribution in [0.5, 0.6) is 0 Å². The summed E-state index contributed by atoms with van der Waals surface area (Å²) in [5.74, 6) is -5.67. The van der Waals surface area contributed by atoms with E-state index in [2.05, 4.69) is 5.32 Å². The number of ether oxygens (including phenoxy) is 1. The lowest BCUT2D eigenvalue weighted by Gasteiger charge is -2.26. The van der Waals surface area contributed by atoms with Crippen LogP contribution < -0.4 is 5.32 Å². The van der Waals surface area contributed by atoms with Crippen LogP contribution in [0.3, 0.4) is 0 Å². The molecule has 21 heavy (non-hydrogen) atoms. The molecule has 1 fully saturated rings. The first-order chi connectivity index (χ1) is 9.56. The summed E-state index contributed by atoms with van der Waals surface area (Å²) in [5, 5.41) is 30.0. The van der Waals surface area contributed by atoms with Crippen LogP contribution in [0.2, 0.25) is 0 Å².